The summed E-state index contributed by atoms with van der Waals surface area (Å²) in [6.07, 6.45) is 6.43. The minimum atomic E-state index is -0.467. The molecule has 2 heterocycles. The summed E-state index contributed by atoms with van der Waals surface area (Å²) in [5.41, 5.74) is 1.16. The highest BCUT2D eigenvalue weighted by atomic mass is 19.1. The molecule has 1 aliphatic carbocycles. The van der Waals surface area contributed by atoms with Gasteiger partial charge in [0.25, 0.3) is 5.91 Å². The van der Waals surface area contributed by atoms with Gasteiger partial charge in [0, 0.05) is 36.8 Å². The van der Waals surface area contributed by atoms with Crippen LogP contribution in [0.2, 0.25) is 0 Å². The van der Waals surface area contributed by atoms with Crippen LogP contribution in [0.5, 0.6) is 0 Å². The first kappa shape index (κ1) is 23.0. The first-order chi connectivity index (χ1) is 16.6. The Morgan fingerprint density at radius 3 is 2.56 bits per heavy atom. The first-order valence-electron chi connectivity index (χ1n) is 12.6. The van der Waals surface area contributed by atoms with Gasteiger partial charge in [0.15, 0.2) is 0 Å². The van der Waals surface area contributed by atoms with Crippen LogP contribution in [0, 0.1) is 11.7 Å². The Balaban J connectivity index is 1.37. The fraction of sp³-hybridized carbons (Fsp3) is 0.500. The number of hydrogen-bond donors (Lipinski definition) is 1. The van der Waals surface area contributed by atoms with Crippen LogP contribution in [0.3, 0.4) is 0 Å². The third kappa shape index (κ3) is 4.48. The zero-order valence-electron chi connectivity index (χ0n) is 19.5. The third-order valence-corrected chi connectivity index (χ3v) is 8.13. The molecule has 0 radical (unpaired) electrons. The third-order valence-electron chi connectivity index (χ3n) is 8.13. The van der Waals surface area contributed by atoms with Crippen molar-refractivity contribution in [1.29, 1.82) is 0 Å². The number of rotatable bonds is 5. The zero-order valence-corrected chi connectivity index (χ0v) is 19.5. The van der Waals surface area contributed by atoms with Gasteiger partial charge in [-0.3, -0.25) is 9.59 Å². The van der Waals surface area contributed by atoms with Crippen molar-refractivity contribution >= 4 is 11.8 Å². The van der Waals surface area contributed by atoms with Crippen molar-refractivity contribution in [1.82, 2.24) is 10.2 Å². The van der Waals surface area contributed by atoms with Crippen LogP contribution in [0.1, 0.15) is 60.9 Å². The van der Waals surface area contributed by atoms with Gasteiger partial charge in [0.05, 0.1) is 0 Å². The minimum Gasteiger partial charge on any atom is -0.381 e. The summed E-state index contributed by atoms with van der Waals surface area (Å²) in [7, 11) is 0. The first-order valence-corrected chi connectivity index (χ1v) is 12.6. The lowest BCUT2D eigenvalue weighted by Gasteiger charge is -2.39. The van der Waals surface area contributed by atoms with E-state index in [0.29, 0.717) is 37.7 Å². The average Bonchev–Trinajstić information content (AvgIpc) is 3.28. The van der Waals surface area contributed by atoms with Gasteiger partial charge in [-0.05, 0) is 67.9 Å². The molecule has 3 fully saturated rings. The number of carbonyl (C=O) groups excluding carboxylic acids is 2. The number of carbonyl (C=O) groups is 2. The van der Waals surface area contributed by atoms with E-state index in [2.05, 4.69) is 5.32 Å². The van der Waals surface area contributed by atoms with Gasteiger partial charge in [-0.2, -0.15) is 0 Å². The lowest BCUT2D eigenvalue weighted by Crippen LogP contribution is -2.52. The van der Waals surface area contributed by atoms with Gasteiger partial charge in [0.1, 0.15) is 11.9 Å². The summed E-state index contributed by atoms with van der Waals surface area (Å²) < 4.78 is 19.6. The fourth-order valence-corrected chi connectivity index (χ4v) is 6.24. The van der Waals surface area contributed by atoms with Crippen molar-refractivity contribution in [2.75, 3.05) is 19.8 Å². The van der Waals surface area contributed by atoms with E-state index in [1.807, 2.05) is 41.3 Å². The van der Waals surface area contributed by atoms with E-state index in [9.17, 15) is 14.0 Å². The van der Waals surface area contributed by atoms with Crippen LogP contribution < -0.4 is 5.32 Å². The second-order valence-electron chi connectivity index (χ2n) is 10.1. The summed E-state index contributed by atoms with van der Waals surface area (Å²) in [5, 5.41) is 3.19. The number of nitrogens with zero attached hydrogens (tertiary/aromatic N) is 1. The molecular weight excluding hydrogens is 431 g/mol. The Morgan fingerprint density at radius 1 is 1.03 bits per heavy atom. The molecule has 2 saturated heterocycles. The molecule has 2 aromatic rings. The summed E-state index contributed by atoms with van der Waals surface area (Å²) in [5.74, 6) is -0.0476. The molecule has 0 bridgehead atoms. The Bertz CT molecular complexity index is 1020. The van der Waals surface area contributed by atoms with Crippen molar-refractivity contribution in [3.8, 4) is 0 Å². The van der Waals surface area contributed by atoms with Crippen LogP contribution in [-0.2, 0) is 14.9 Å². The molecule has 0 spiro atoms. The molecule has 0 aromatic heterocycles. The number of benzene rings is 2. The van der Waals surface area contributed by atoms with E-state index in [0.717, 1.165) is 44.1 Å². The van der Waals surface area contributed by atoms with Gasteiger partial charge in [-0.1, -0.05) is 43.2 Å². The number of ether oxygens (including phenoxy) is 1. The second kappa shape index (κ2) is 9.87. The molecule has 3 unspecified atom stereocenters. The van der Waals surface area contributed by atoms with Gasteiger partial charge >= 0.3 is 0 Å². The lowest BCUT2D eigenvalue weighted by atomic mass is 9.74. The highest BCUT2D eigenvalue weighted by Gasteiger charge is 2.48. The van der Waals surface area contributed by atoms with Gasteiger partial charge in [-0.25, -0.2) is 4.39 Å². The van der Waals surface area contributed by atoms with Crippen molar-refractivity contribution < 1.29 is 18.7 Å². The largest absolute Gasteiger partial charge is 0.381 e. The second-order valence-corrected chi connectivity index (χ2v) is 10.1. The lowest BCUT2D eigenvalue weighted by molar-refractivity contribution is -0.125. The molecule has 5 nitrogen and oxygen atoms in total. The molecule has 3 aliphatic rings. The van der Waals surface area contributed by atoms with E-state index < -0.39 is 6.04 Å². The van der Waals surface area contributed by atoms with E-state index in [4.69, 9.17) is 4.74 Å². The SMILES string of the molecule is O=C(NCC1(c2cccc(F)c2)CCOCC1)C1CC2CCCCC2N1C(=O)c1ccccc1. The molecular formula is C28H33FN2O3. The van der Waals surface area contributed by atoms with Crippen LogP contribution in [-0.4, -0.2) is 48.6 Å². The predicted molar refractivity (Wildman–Crippen MR) is 128 cm³/mol. The molecule has 34 heavy (non-hydrogen) atoms. The molecule has 6 heteroatoms. The average molecular weight is 465 g/mol. The number of hydrogen-bond acceptors (Lipinski definition) is 3. The van der Waals surface area contributed by atoms with Crippen molar-refractivity contribution in [3.05, 3.63) is 71.5 Å². The highest BCUT2D eigenvalue weighted by Crippen LogP contribution is 2.41. The number of fused-ring (bicyclic) bond motifs is 1. The van der Waals surface area contributed by atoms with Crippen LogP contribution in [0.4, 0.5) is 4.39 Å². The number of nitrogens with one attached hydrogen (secondary N) is 1. The number of likely N-dealkylation sites (tertiary alicyclic amines) is 1. The van der Waals surface area contributed by atoms with Crippen molar-refractivity contribution in [2.24, 2.45) is 5.92 Å². The minimum absolute atomic E-state index is 0.0546. The summed E-state index contributed by atoms with van der Waals surface area (Å²) in [4.78, 5) is 29.0. The van der Waals surface area contributed by atoms with Gasteiger partial charge in [0.2, 0.25) is 5.91 Å². The molecule has 2 aromatic carbocycles. The number of amides is 2. The highest BCUT2D eigenvalue weighted by molar-refractivity contribution is 5.98. The van der Waals surface area contributed by atoms with E-state index >= 15 is 0 Å². The standard InChI is InChI=1S/C28H33FN2O3/c29-23-11-6-10-22(18-23)28(13-15-34-16-14-28)19-30-26(32)25-17-21-9-4-5-12-24(21)31(25)27(33)20-7-2-1-3-8-20/h1-3,6-8,10-11,18,21,24-25H,4-5,9,12-17,19H2,(H,30,32). The molecule has 5 rings (SSSR count). The molecule has 3 atom stereocenters. The Hall–Kier alpha value is -2.73. The van der Waals surface area contributed by atoms with E-state index in [-0.39, 0.29) is 29.1 Å². The molecule has 2 amide bonds. The normalized spacial score (nSPS) is 26.0. The Labute approximate surface area is 200 Å². The van der Waals surface area contributed by atoms with Crippen molar-refractivity contribution in [3.63, 3.8) is 0 Å². The van der Waals surface area contributed by atoms with Crippen LogP contribution >= 0.6 is 0 Å². The smallest absolute Gasteiger partial charge is 0.254 e. The fourth-order valence-electron chi connectivity index (χ4n) is 6.24. The Morgan fingerprint density at radius 2 is 1.79 bits per heavy atom. The maximum atomic E-state index is 14.0. The summed E-state index contributed by atoms with van der Waals surface area (Å²) in [6.45, 7) is 1.58. The Kier molecular flexibility index (Phi) is 6.68. The maximum Gasteiger partial charge on any atom is 0.254 e. The molecule has 2 aliphatic heterocycles. The zero-order chi connectivity index (χ0) is 23.5. The summed E-state index contributed by atoms with van der Waals surface area (Å²) >= 11 is 0. The van der Waals surface area contributed by atoms with Crippen molar-refractivity contribution in [2.45, 2.75) is 62.4 Å². The molecule has 180 valence electrons. The summed E-state index contributed by atoms with van der Waals surface area (Å²) in [6, 6.07) is 15.6. The van der Waals surface area contributed by atoms with Gasteiger partial charge in [-0.15, -0.1) is 0 Å². The van der Waals surface area contributed by atoms with Gasteiger partial charge < -0.3 is 15.0 Å². The monoisotopic (exact) mass is 464 g/mol. The topological polar surface area (TPSA) is 58.6 Å². The quantitative estimate of drug-likeness (QED) is 0.711. The van der Waals surface area contributed by atoms with E-state index in [1.165, 1.54) is 6.07 Å². The molecule has 1 saturated carbocycles. The van der Waals surface area contributed by atoms with Crippen LogP contribution in [0.15, 0.2) is 54.6 Å². The van der Waals surface area contributed by atoms with E-state index in [1.54, 1.807) is 12.1 Å². The van der Waals surface area contributed by atoms with Crippen LogP contribution in [0.25, 0.3) is 0 Å². The maximum absolute atomic E-state index is 14.0. The molecule has 1 N–H and O–H groups in total. The predicted octanol–water partition coefficient (Wildman–Crippen LogP) is 4.46. The number of halogens is 1.